The van der Waals surface area contributed by atoms with Crippen LogP contribution in [0.15, 0.2) is 30.3 Å². The number of amides is 1. The first kappa shape index (κ1) is 16.6. The Labute approximate surface area is 127 Å². The fraction of sp³-hybridized carbons (Fsp3) is 0.500. The lowest BCUT2D eigenvalue weighted by Gasteiger charge is -2.30. The van der Waals surface area contributed by atoms with Gasteiger partial charge in [-0.15, -0.1) is 0 Å². The predicted molar refractivity (Wildman–Crippen MR) is 87.6 cm³/mol. The second kappa shape index (κ2) is 8.00. The molecule has 3 nitrogen and oxygen atoms in total. The number of rotatable bonds is 7. The van der Waals surface area contributed by atoms with Gasteiger partial charge in [-0.3, -0.25) is 4.79 Å². The van der Waals surface area contributed by atoms with Crippen LogP contribution in [0.3, 0.4) is 0 Å². The molecule has 0 aliphatic carbocycles. The zero-order valence-electron chi connectivity index (χ0n) is 12.5. The first-order valence-corrected chi connectivity index (χ1v) is 7.51. The molecule has 0 radical (unpaired) electrons. The highest BCUT2D eigenvalue weighted by atomic mass is 32.1. The Morgan fingerprint density at radius 1 is 1.30 bits per heavy atom. The van der Waals surface area contributed by atoms with Gasteiger partial charge in [-0.2, -0.15) is 0 Å². The third kappa shape index (κ3) is 4.60. The van der Waals surface area contributed by atoms with Gasteiger partial charge in [-0.1, -0.05) is 49.5 Å². The zero-order valence-corrected chi connectivity index (χ0v) is 13.3. The van der Waals surface area contributed by atoms with Gasteiger partial charge in [0.25, 0.3) is 0 Å². The predicted octanol–water partition coefficient (Wildman–Crippen LogP) is 2.78. The van der Waals surface area contributed by atoms with Crippen molar-refractivity contribution >= 4 is 23.1 Å². The molecule has 1 rings (SSSR count). The molecule has 1 atom stereocenters. The number of hydrogen-bond donors (Lipinski definition) is 1. The summed E-state index contributed by atoms with van der Waals surface area (Å²) in [7, 11) is 0. The van der Waals surface area contributed by atoms with Gasteiger partial charge in [0, 0.05) is 12.6 Å². The smallest absolute Gasteiger partial charge is 0.233 e. The van der Waals surface area contributed by atoms with Crippen molar-refractivity contribution in [1.29, 1.82) is 0 Å². The van der Waals surface area contributed by atoms with Gasteiger partial charge < -0.3 is 10.6 Å². The molecule has 0 heterocycles. The van der Waals surface area contributed by atoms with Crippen LogP contribution in [0.1, 0.15) is 32.8 Å². The van der Waals surface area contributed by atoms with E-state index in [1.165, 1.54) is 0 Å². The molecule has 1 amide bonds. The molecule has 1 aromatic carbocycles. The van der Waals surface area contributed by atoms with E-state index in [1.54, 1.807) is 0 Å². The number of thiocarbonyl (C=S) groups is 1. The monoisotopic (exact) mass is 292 g/mol. The average Bonchev–Trinajstić information content (AvgIpc) is 2.42. The maximum atomic E-state index is 12.7. The lowest BCUT2D eigenvalue weighted by Crippen LogP contribution is -2.45. The van der Waals surface area contributed by atoms with E-state index in [4.69, 9.17) is 18.0 Å². The van der Waals surface area contributed by atoms with E-state index >= 15 is 0 Å². The SMILES string of the molecule is CCCN(C(=O)C(Cc1ccccc1)C(N)=S)C(C)C. The molecular weight excluding hydrogens is 268 g/mol. The van der Waals surface area contributed by atoms with Crippen molar-refractivity contribution in [3.8, 4) is 0 Å². The standard InChI is InChI=1S/C16H24N2OS/c1-4-10-18(12(2)3)16(19)14(15(17)20)11-13-8-6-5-7-9-13/h5-9,12,14H,4,10-11H2,1-3H3,(H2,17,20). The summed E-state index contributed by atoms with van der Waals surface area (Å²) in [4.78, 5) is 14.8. The summed E-state index contributed by atoms with van der Waals surface area (Å²) in [5.74, 6) is -0.375. The second-order valence-corrected chi connectivity index (χ2v) is 5.74. The van der Waals surface area contributed by atoms with Crippen LogP contribution in [-0.4, -0.2) is 28.4 Å². The van der Waals surface area contributed by atoms with Crippen LogP contribution in [0.4, 0.5) is 0 Å². The Morgan fingerprint density at radius 3 is 2.35 bits per heavy atom. The lowest BCUT2D eigenvalue weighted by atomic mass is 9.97. The largest absolute Gasteiger partial charge is 0.393 e. The number of benzene rings is 1. The van der Waals surface area contributed by atoms with Crippen molar-refractivity contribution in [3.05, 3.63) is 35.9 Å². The molecule has 0 saturated heterocycles. The molecule has 0 aromatic heterocycles. The van der Waals surface area contributed by atoms with Crippen molar-refractivity contribution in [3.63, 3.8) is 0 Å². The molecule has 20 heavy (non-hydrogen) atoms. The van der Waals surface area contributed by atoms with E-state index in [0.29, 0.717) is 6.42 Å². The summed E-state index contributed by atoms with van der Waals surface area (Å²) in [5.41, 5.74) is 6.89. The molecule has 1 aromatic rings. The number of carbonyl (C=O) groups excluding carboxylic acids is 1. The van der Waals surface area contributed by atoms with Crippen molar-refractivity contribution in [2.24, 2.45) is 11.7 Å². The van der Waals surface area contributed by atoms with Crippen molar-refractivity contribution in [2.45, 2.75) is 39.7 Å². The van der Waals surface area contributed by atoms with E-state index in [2.05, 4.69) is 6.92 Å². The van der Waals surface area contributed by atoms with Crippen LogP contribution in [-0.2, 0) is 11.2 Å². The summed E-state index contributed by atoms with van der Waals surface area (Å²) >= 11 is 5.11. The molecule has 0 spiro atoms. The molecule has 0 bridgehead atoms. The molecule has 0 fully saturated rings. The Hall–Kier alpha value is -1.42. The third-order valence-corrected chi connectivity index (χ3v) is 3.58. The van der Waals surface area contributed by atoms with Gasteiger partial charge in [0.15, 0.2) is 0 Å². The van der Waals surface area contributed by atoms with E-state index in [1.807, 2.05) is 49.1 Å². The molecule has 0 aliphatic heterocycles. The number of nitrogens with two attached hydrogens (primary N) is 1. The quantitative estimate of drug-likeness (QED) is 0.786. The Kier molecular flexibility index (Phi) is 6.65. The molecule has 2 N–H and O–H groups in total. The van der Waals surface area contributed by atoms with Gasteiger partial charge >= 0.3 is 0 Å². The first-order chi connectivity index (χ1) is 9.47. The summed E-state index contributed by atoms with van der Waals surface area (Å²) < 4.78 is 0. The average molecular weight is 292 g/mol. The molecule has 4 heteroatoms. The maximum Gasteiger partial charge on any atom is 0.233 e. The normalized spacial score (nSPS) is 12.2. The molecule has 1 unspecified atom stereocenters. The fourth-order valence-electron chi connectivity index (χ4n) is 2.22. The van der Waals surface area contributed by atoms with E-state index < -0.39 is 5.92 Å². The van der Waals surface area contributed by atoms with Gasteiger partial charge in [0.2, 0.25) is 5.91 Å². The molecule has 0 aliphatic rings. The van der Waals surface area contributed by atoms with Gasteiger partial charge in [0.1, 0.15) is 0 Å². The fourth-order valence-corrected chi connectivity index (χ4v) is 2.41. The van der Waals surface area contributed by atoms with Gasteiger partial charge in [-0.25, -0.2) is 0 Å². The van der Waals surface area contributed by atoms with Crippen LogP contribution in [0.2, 0.25) is 0 Å². The highest BCUT2D eigenvalue weighted by Crippen LogP contribution is 2.15. The number of hydrogen-bond acceptors (Lipinski definition) is 2. The van der Waals surface area contributed by atoms with Crippen LogP contribution in [0, 0.1) is 5.92 Å². The zero-order chi connectivity index (χ0) is 15.1. The van der Waals surface area contributed by atoms with Crippen LogP contribution in [0.5, 0.6) is 0 Å². The minimum atomic E-state index is -0.415. The highest BCUT2D eigenvalue weighted by molar-refractivity contribution is 7.80. The number of nitrogens with zero attached hydrogens (tertiary/aromatic N) is 1. The van der Waals surface area contributed by atoms with Crippen molar-refractivity contribution in [2.75, 3.05) is 6.54 Å². The van der Waals surface area contributed by atoms with Crippen LogP contribution >= 0.6 is 12.2 Å². The van der Waals surface area contributed by atoms with E-state index in [0.717, 1.165) is 18.5 Å². The Bertz CT molecular complexity index is 445. The van der Waals surface area contributed by atoms with Crippen molar-refractivity contribution in [1.82, 2.24) is 4.90 Å². The summed E-state index contributed by atoms with van der Waals surface area (Å²) in [6.45, 7) is 6.85. The Morgan fingerprint density at radius 2 is 1.90 bits per heavy atom. The molecule has 110 valence electrons. The maximum absolute atomic E-state index is 12.7. The van der Waals surface area contributed by atoms with E-state index in [9.17, 15) is 4.79 Å². The van der Waals surface area contributed by atoms with Gasteiger partial charge in [-0.05, 0) is 32.3 Å². The summed E-state index contributed by atoms with van der Waals surface area (Å²) in [6, 6.07) is 10.0. The summed E-state index contributed by atoms with van der Waals surface area (Å²) in [6.07, 6.45) is 1.50. The summed E-state index contributed by atoms with van der Waals surface area (Å²) in [5, 5.41) is 0. The van der Waals surface area contributed by atoms with Gasteiger partial charge in [0.05, 0.1) is 10.9 Å². The topological polar surface area (TPSA) is 46.3 Å². The minimum Gasteiger partial charge on any atom is -0.393 e. The second-order valence-electron chi connectivity index (χ2n) is 5.27. The lowest BCUT2D eigenvalue weighted by molar-refractivity contribution is -0.135. The third-order valence-electron chi connectivity index (χ3n) is 3.30. The number of carbonyl (C=O) groups is 1. The van der Waals surface area contributed by atoms with E-state index in [-0.39, 0.29) is 16.9 Å². The van der Waals surface area contributed by atoms with Crippen molar-refractivity contribution < 1.29 is 4.79 Å². The Balaban J connectivity index is 2.89. The first-order valence-electron chi connectivity index (χ1n) is 7.11. The minimum absolute atomic E-state index is 0.0400. The molecule has 0 saturated carbocycles. The van der Waals surface area contributed by atoms with Crippen LogP contribution < -0.4 is 5.73 Å². The highest BCUT2D eigenvalue weighted by Gasteiger charge is 2.27. The molecular formula is C16H24N2OS. The van der Waals surface area contributed by atoms with Crippen LogP contribution in [0.25, 0.3) is 0 Å².